The predicted molar refractivity (Wildman–Crippen MR) is 78.3 cm³/mol. The molecular formula is C13H10BrClN4. The summed E-state index contributed by atoms with van der Waals surface area (Å²) in [4.78, 5) is 13.3. The van der Waals surface area contributed by atoms with E-state index in [2.05, 4.69) is 30.9 Å². The van der Waals surface area contributed by atoms with Crippen LogP contribution < -0.4 is 0 Å². The second kappa shape index (κ2) is 4.90. The molecule has 0 aliphatic rings. The maximum absolute atomic E-state index is 6.11. The van der Waals surface area contributed by atoms with Crippen LogP contribution in [0.3, 0.4) is 0 Å². The van der Waals surface area contributed by atoms with Gasteiger partial charge in [-0.1, -0.05) is 24.6 Å². The molecule has 0 N–H and O–H groups in total. The fourth-order valence-electron chi connectivity index (χ4n) is 1.85. The molecule has 0 unspecified atom stereocenters. The first-order valence-corrected chi connectivity index (χ1v) is 7.02. The van der Waals surface area contributed by atoms with E-state index in [-0.39, 0.29) is 0 Å². The molecule has 96 valence electrons. The zero-order chi connectivity index (χ0) is 13.4. The van der Waals surface area contributed by atoms with Gasteiger partial charge < -0.3 is 4.40 Å². The minimum Gasteiger partial charge on any atom is -0.306 e. The normalized spacial score (nSPS) is 11.1. The Kier molecular flexibility index (Phi) is 3.24. The topological polar surface area (TPSA) is 43.1 Å². The molecule has 3 heterocycles. The second-order valence-corrected chi connectivity index (χ2v) is 5.20. The fourth-order valence-corrected chi connectivity index (χ4v) is 2.50. The molecule has 3 rings (SSSR count). The van der Waals surface area contributed by atoms with E-state index in [1.54, 1.807) is 0 Å². The first-order chi connectivity index (χ1) is 9.19. The number of nitrogens with zero attached hydrogens (tertiary/aromatic N) is 4. The lowest BCUT2D eigenvalue weighted by atomic mass is 10.3. The zero-order valence-corrected chi connectivity index (χ0v) is 12.5. The van der Waals surface area contributed by atoms with Crippen LogP contribution in [0.2, 0.25) is 5.15 Å². The highest BCUT2D eigenvalue weighted by Gasteiger charge is 2.13. The Morgan fingerprint density at radius 2 is 2.11 bits per heavy atom. The summed E-state index contributed by atoms with van der Waals surface area (Å²) in [7, 11) is 0. The molecule has 6 heteroatoms. The molecular weight excluding hydrogens is 328 g/mol. The van der Waals surface area contributed by atoms with Gasteiger partial charge in [0, 0.05) is 12.4 Å². The van der Waals surface area contributed by atoms with Gasteiger partial charge in [0.1, 0.15) is 16.5 Å². The molecule has 0 saturated heterocycles. The Hall–Kier alpha value is -1.46. The van der Waals surface area contributed by atoms with E-state index >= 15 is 0 Å². The highest BCUT2D eigenvalue weighted by molar-refractivity contribution is 9.10. The summed E-state index contributed by atoms with van der Waals surface area (Å²) >= 11 is 9.51. The van der Waals surface area contributed by atoms with E-state index in [1.165, 1.54) is 0 Å². The van der Waals surface area contributed by atoms with Crippen LogP contribution in [0.1, 0.15) is 12.6 Å². The van der Waals surface area contributed by atoms with E-state index in [0.29, 0.717) is 11.0 Å². The lowest BCUT2D eigenvalue weighted by Gasteiger charge is -2.04. The number of aryl methyl sites for hydroxylation is 1. The summed E-state index contributed by atoms with van der Waals surface area (Å²) in [6.45, 7) is 2.02. The third-order valence-electron chi connectivity index (χ3n) is 2.81. The third kappa shape index (κ3) is 2.24. The minimum absolute atomic E-state index is 0.416. The first-order valence-electron chi connectivity index (χ1n) is 5.85. The van der Waals surface area contributed by atoms with Crippen molar-refractivity contribution in [1.29, 1.82) is 0 Å². The predicted octanol–water partition coefficient (Wildman–Crippen LogP) is 3.77. The summed E-state index contributed by atoms with van der Waals surface area (Å²) in [5.41, 5.74) is 2.46. The molecule has 0 aliphatic carbocycles. The number of imidazole rings is 1. The van der Waals surface area contributed by atoms with Gasteiger partial charge in [-0.05, 0) is 34.5 Å². The minimum atomic E-state index is 0.416. The summed E-state index contributed by atoms with van der Waals surface area (Å²) in [5.74, 6) is 0.550. The Morgan fingerprint density at radius 1 is 1.26 bits per heavy atom. The molecule has 0 bridgehead atoms. The highest BCUT2D eigenvalue weighted by atomic mass is 79.9. The third-order valence-corrected chi connectivity index (χ3v) is 4.14. The lowest BCUT2D eigenvalue weighted by Crippen LogP contribution is -1.97. The van der Waals surface area contributed by atoms with Crippen molar-refractivity contribution in [1.82, 2.24) is 19.4 Å². The van der Waals surface area contributed by atoms with Gasteiger partial charge in [0.05, 0.1) is 10.2 Å². The van der Waals surface area contributed by atoms with Crippen LogP contribution in [0.4, 0.5) is 0 Å². The molecule has 0 amide bonds. The molecule has 0 radical (unpaired) electrons. The lowest BCUT2D eigenvalue weighted by molar-refractivity contribution is 0.986. The van der Waals surface area contributed by atoms with Crippen molar-refractivity contribution >= 4 is 33.2 Å². The molecule has 0 aromatic carbocycles. The molecule has 0 saturated carbocycles. The van der Waals surface area contributed by atoms with Gasteiger partial charge in [-0.2, -0.15) is 0 Å². The van der Waals surface area contributed by atoms with Crippen LogP contribution in [0.15, 0.2) is 35.1 Å². The van der Waals surface area contributed by atoms with E-state index in [1.807, 2.05) is 41.9 Å². The van der Waals surface area contributed by atoms with Gasteiger partial charge in [-0.25, -0.2) is 15.0 Å². The smallest absolute Gasteiger partial charge is 0.181 e. The van der Waals surface area contributed by atoms with Gasteiger partial charge in [-0.3, -0.25) is 0 Å². The van der Waals surface area contributed by atoms with Crippen molar-refractivity contribution in [2.75, 3.05) is 0 Å². The molecule has 4 nitrogen and oxygen atoms in total. The number of hydrogen-bond acceptors (Lipinski definition) is 3. The van der Waals surface area contributed by atoms with Crippen LogP contribution in [0.5, 0.6) is 0 Å². The van der Waals surface area contributed by atoms with Gasteiger partial charge in [0.2, 0.25) is 0 Å². The Labute approximate surface area is 123 Å². The van der Waals surface area contributed by atoms with Gasteiger partial charge in [-0.15, -0.1) is 0 Å². The Balaban J connectivity index is 2.18. The molecule has 0 aliphatic heterocycles. The van der Waals surface area contributed by atoms with Gasteiger partial charge >= 0.3 is 0 Å². The number of halogens is 2. The van der Waals surface area contributed by atoms with Crippen LogP contribution >= 0.6 is 27.5 Å². The highest BCUT2D eigenvalue weighted by Crippen LogP contribution is 2.27. The van der Waals surface area contributed by atoms with E-state index < -0.39 is 0 Å². The molecule has 3 aromatic rings. The quantitative estimate of drug-likeness (QED) is 0.669. The van der Waals surface area contributed by atoms with Crippen LogP contribution in [-0.4, -0.2) is 19.4 Å². The Bertz CT molecular complexity index is 720. The average molecular weight is 338 g/mol. The van der Waals surface area contributed by atoms with Crippen molar-refractivity contribution in [3.05, 3.63) is 45.9 Å². The molecule has 0 atom stereocenters. The van der Waals surface area contributed by atoms with E-state index in [9.17, 15) is 0 Å². The Morgan fingerprint density at radius 3 is 2.84 bits per heavy atom. The van der Waals surface area contributed by atoms with Gasteiger partial charge in [0.15, 0.2) is 5.82 Å². The molecule has 0 fully saturated rings. The summed E-state index contributed by atoms with van der Waals surface area (Å²) < 4.78 is 2.68. The van der Waals surface area contributed by atoms with Gasteiger partial charge in [0.25, 0.3) is 0 Å². The van der Waals surface area contributed by atoms with Crippen LogP contribution in [-0.2, 0) is 6.42 Å². The maximum atomic E-state index is 6.11. The van der Waals surface area contributed by atoms with Crippen molar-refractivity contribution in [2.24, 2.45) is 0 Å². The number of fused-ring (bicyclic) bond motifs is 1. The number of hydrogen-bond donors (Lipinski definition) is 0. The molecule has 0 spiro atoms. The molecule has 3 aromatic heterocycles. The number of rotatable bonds is 2. The molecule has 19 heavy (non-hydrogen) atoms. The zero-order valence-electron chi connectivity index (χ0n) is 10.1. The van der Waals surface area contributed by atoms with Crippen molar-refractivity contribution in [3.8, 4) is 11.5 Å². The first kappa shape index (κ1) is 12.6. The standard InChI is InChI=1S/C13H10BrClN4/c1-2-8-11(14)12(15)18-13(17-8)9-7-19-6-4-3-5-10(19)16-9/h3-7H,2H2,1H3. The van der Waals surface area contributed by atoms with Crippen molar-refractivity contribution < 1.29 is 0 Å². The number of aromatic nitrogens is 4. The largest absolute Gasteiger partial charge is 0.306 e. The van der Waals surface area contributed by atoms with Crippen LogP contribution in [0, 0.1) is 0 Å². The van der Waals surface area contributed by atoms with Crippen molar-refractivity contribution in [2.45, 2.75) is 13.3 Å². The second-order valence-electron chi connectivity index (χ2n) is 4.04. The monoisotopic (exact) mass is 336 g/mol. The van der Waals surface area contributed by atoms with E-state index in [4.69, 9.17) is 11.6 Å². The van der Waals surface area contributed by atoms with E-state index in [0.717, 1.165) is 27.9 Å². The summed E-state index contributed by atoms with van der Waals surface area (Å²) in [6, 6.07) is 5.83. The summed E-state index contributed by atoms with van der Waals surface area (Å²) in [5, 5.41) is 0.416. The average Bonchev–Trinajstić information content (AvgIpc) is 2.85. The fraction of sp³-hybridized carbons (Fsp3) is 0.154. The number of pyridine rings is 1. The maximum Gasteiger partial charge on any atom is 0.181 e. The van der Waals surface area contributed by atoms with Crippen molar-refractivity contribution in [3.63, 3.8) is 0 Å². The SMILES string of the molecule is CCc1nc(-c2cn3ccccc3n2)nc(Cl)c1Br. The van der Waals surface area contributed by atoms with Crippen LogP contribution in [0.25, 0.3) is 17.2 Å². The summed E-state index contributed by atoms with van der Waals surface area (Å²) in [6.07, 6.45) is 4.62.